The van der Waals surface area contributed by atoms with Crippen molar-refractivity contribution in [3.63, 3.8) is 0 Å². The number of hydrogen-bond donors (Lipinski definition) is 0. The first-order chi connectivity index (χ1) is 9.65. The molecule has 2 aromatic rings. The van der Waals surface area contributed by atoms with Gasteiger partial charge in [-0.25, -0.2) is 4.98 Å². The molecule has 1 aromatic carbocycles. The van der Waals surface area contributed by atoms with Gasteiger partial charge in [0.1, 0.15) is 5.15 Å². The minimum Gasteiger partial charge on any atom is -0.308 e. The number of aryl methyl sites for hydroxylation is 1. The van der Waals surface area contributed by atoms with Gasteiger partial charge in [0.25, 0.3) is 5.91 Å². The zero-order chi connectivity index (χ0) is 14.1. The van der Waals surface area contributed by atoms with Crippen LogP contribution in [0.1, 0.15) is 22.3 Å². The van der Waals surface area contributed by atoms with Crippen LogP contribution < -0.4 is 4.90 Å². The highest BCUT2D eigenvalue weighted by Crippen LogP contribution is 2.30. The van der Waals surface area contributed by atoms with Crippen LogP contribution in [-0.4, -0.2) is 17.4 Å². The van der Waals surface area contributed by atoms with Gasteiger partial charge in [0.15, 0.2) is 0 Å². The van der Waals surface area contributed by atoms with Gasteiger partial charge >= 0.3 is 0 Å². The molecule has 0 saturated carbocycles. The molecular formula is C15H12BrClN2O. The average molecular weight is 352 g/mol. The van der Waals surface area contributed by atoms with E-state index in [9.17, 15) is 4.79 Å². The Morgan fingerprint density at radius 2 is 2.15 bits per heavy atom. The van der Waals surface area contributed by atoms with E-state index < -0.39 is 0 Å². The molecule has 0 bridgehead atoms. The third-order valence-corrected chi connectivity index (χ3v) is 4.10. The summed E-state index contributed by atoms with van der Waals surface area (Å²) in [7, 11) is 0. The molecule has 1 aromatic heterocycles. The van der Waals surface area contributed by atoms with Crippen LogP contribution in [0.2, 0.25) is 5.15 Å². The summed E-state index contributed by atoms with van der Waals surface area (Å²) in [5, 5.41) is 0.393. The number of carbonyl (C=O) groups excluding carboxylic acids is 1. The molecule has 0 aliphatic carbocycles. The van der Waals surface area contributed by atoms with Crippen LogP contribution >= 0.6 is 27.5 Å². The number of aromatic nitrogens is 1. The van der Waals surface area contributed by atoms with Crippen LogP contribution in [0.15, 0.2) is 41.0 Å². The molecule has 1 aliphatic heterocycles. The van der Waals surface area contributed by atoms with Crippen molar-refractivity contribution in [2.45, 2.75) is 12.8 Å². The third kappa shape index (κ3) is 2.58. The van der Waals surface area contributed by atoms with Crippen molar-refractivity contribution in [2.75, 3.05) is 11.4 Å². The molecule has 1 amide bonds. The second-order valence-electron chi connectivity index (χ2n) is 4.70. The van der Waals surface area contributed by atoms with Gasteiger partial charge in [0.05, 0.1) is 5.56 Å². The number of rotatable bonds is 1. The quantitative estimate of drug-likeness (QED) is 0.725. The second kappa shape index (κ2) is 5.54. The van der Waals surface area contributed by atoms with Gasteiger partial charge < -0.3 is 4.90 Å². The molecule has 1 aliphatic rings. The van der Waals surface area contributed by atoms with Crippen LogP contribution in [0.3, 0.4) is 0 Å². The summed E-state index contributed by atoms with van der Waals surface area (Å²) in [6, 6.07) is 9.38. The van der Waals surface area contributed by atoms with E-state index in [4.69, 9.17) is 11.6 Å². The average Bonchev–Trinajstić information content (AvgIpc) is 2.46. The van der Waals surface area contributed by atoms with Gasteiger partial charge in [0, 0.05) is 22.9 Å². The van der Waals surface area contributed by atoms with E-state index in [-0.39, 0.29) is 5.91 Å². The standard InChI is InChI=1S/C15H12BrClN2O/c16-12-4-5-13-10(8-12)2-1-7-19(13)15(20)11-3-6-14(17)18-9-11/h3-6,8-9H,1-2,7H2. The van der Waals surface area contributed by atoms with Crippen molar-refractivity contribution >= 4 is 39.1 Å². The zero-order valence-electron chi connectivity index (χ0n) is 10.6. The third-order valence-electron chi connectivity index (χ3n) is 3.38. The van der Waals surface area contributed by atoms with Crippen LogP contribution in [-0.2, 0) is 6.42 Å². The Labute approximate surface area is 130 Å². The maximum atomic E-state index is 12.6. The smallest absolute Gasteiger partial charge is 0.259 e. The highest BCUT2D eigenvalue weighted by Gasteiger charge is 2.23. The van der Waals surface area contributed by atoms with Gasteiger partial charge in [-0.3, -0.25) is 4.79 Å². The first-order valence-electron chi connectivity index (χ1n) is 6.37. The van der Waals surface area contributed by atoms with Gasteiger partial charge in [-0.1, -0.05) is 27.5 Å². The predicted molar refractivity (Wildman–Crippen MR) is 83.4 cm³/mol. The van der Waals surface area contributed by atoms with E-state index in [0.717, 1.165) is 29.5 Å². The lowest BCUT2D eigenvalue weighted by Crippen LogP contribution is -2.35. The lowest BCUT2D eigenvalue weighted by Gasteiger charge is -2.29. The lowest BCUT2D eigenvalue weighted by atomic mass is 10.0. The normalized spacial score (nSPS) is 14.0. The molecule has 0 fully saturated rings. The SMILES string of the molecule is O=C(c1ccc(Cl)nc1)N1CCCc2cc(Br)ccc21. The van der Waals surface area contributed by atoms with Crippen LogP contribution in [0.5, 0.6) is 0 Å². The van der Waals surface area contributed by atoms with E-state index in [0.29, 0.717) is 10.7 Å². The summed E-state index contributed by atoms with van der Waals surface area (Å²) in [5.74, 6) is -0.0301. The molecule has 0 unspecified atom stereocenters. The molecule has 0 spiro atoms. The lowest BCUT2D eigenvalue weighted by molar-refractivity contribution is 0.0985. The van der Waals surface area contributed by atoms with Crippen molar-refractivity contribution in [1.29, 1.82) is 0 Å². The predicted octanol–water partition coefficient (Wildman–Crippen LogP) is 4.09. The van der Waals surface area contributed by atoms with Crippen molar-refractivity contribution in [3.8, 4) is 0 Å². The van der Waals surface area contributed by atoms with E-state index in [1.54, 1.807) is 12.1 Å². The summed E-state index contributed by atoms with van der Waals surface area (Å²) < 4.78 is 1.04. The summed E-state index contributed by atoms with van der Waals surface area (Å²) >= 11 is 9.23. The number of benzene rings is 1. The summed E-state index contributed by atoms with van der Waals surface area (Å²) in [6.45, 7) is 0.732. The van der Waals surface area contributed by atoms with E-state index in [2.05, 4.69) is 27.0 Å². The maximum Gasteiger partial charge on any atom is 0.259 e. The van der Waals surface area contributed by atoms with E-state index >= 15 is 0 Å². The van der Waals surface area contributed by atoms with Gasteiger partial charge in [-0.2, -0.15) is 0 Å². The summed E-state index contributed by atoms with van der Waals surface area (Å²) in [6.07, 6.45) is 3.49. The molecule has 3 rings (SSSR count). The Bertz CT molecular complexity index is 657. The van der Waals surface area contributed by atoms with Crippen LogP contribution in [0, 0.1) is 0 Å². The molecule has 0 atom stereocenters. The molecule has 2 heterocycles. The fourth-order valence-corrected chi connectivity index (χ4v) is 2.96. The molecule has 102 valence electrons. The van der Waals surface area contributed by atoms with Crippen LogP contribution in [0.25, 0.3) is 0 Å². The van der Waals surface area contributed by atoms with Crippen molar-refractivity contribution in [2.24, 2.45) is 0 Å². The molecular weight excluding hydrogens is 340 g/mol. The molecule has 0 saturated heterocycles. The first-order valence-corrected chi connectivity index (χ1v) is 7.54. The Morgan fingerprint density at radius 3 is 2.90 bits per heavy atom. The minimum atomic E-state index is -0.0301. The molecule has 5 heteroatoms. The Balaban J connectivity index is 1.96. The number of halogens is 2. The number of fused-ring (bicyclic) bond motifs is 1. The maximum absolute atomic E-state index is 12.6. The largest absolute Gasteiger partial charge is 0.308 e. The Kier molecular flexibility index (Phi) is 3.76. The van der Waals surface area contributed by atoms with E-state index in [1.807, 2.05) is 17.0 Å². The Hall–Kier alpha value is -1.39. The second-order valence-corrected chi connectivity index (χ2v) is 6.01. The molecule has 20 heavy (non-hydrogen) atoms. The number of nitrogens with zero attached hydrogens (tertiary/aromatic N) is 2. The number of pyridine rings is 1. The van der Waals surface area contributed by atoms with Gasteiger partial charge in [-0.15, -0.1) is 0 Å². The monoisotopic (exact) mass is 350 g/mol. The molecule has 0 N–H and O–H groups in total. The summed E-state index contributed by atoms with van der Waals surface area (Å²) in [5.41, 5.74) is 2.74. The molecule has 3 nitrogen and oxygen atoms in total. The number of carbonyl (C=O) groups is 1. The fourth-order valence-electron chi connectivity index (χ4n) is 2.43. The highest BCUT2D eigenvalue weighted by molar-refractivity contribution is 9.10. The van der Waals surface area contributed by atoms with Gasteiger partial charge in [-0.05, 0) is 48.7 Å². The fraction of sp³-hybridized carbons (Fsp3) is 0.200. The van der Waals surface area contributed by atoms with E-state index in [1.165, 1.54) is 11.8 Å². The Morgan fingerprint density at radius 1 is 1.30 bits per heavy atom. The highest BCUT2D eigenvalue weighted by atomic mass is 79.9. The first kappa shape index (κ1) is 13.6. The number of anilines is 1. The number of hydrogen-bond acceptors (Lipinski definition) is 2. The van der Waals surface area contributed by atoms with Crippen molar-refractivity contribution < 1.29 is 4.79 Å². The van der Waals surface area contributed by atoms with Crippen LogP contribution in [0.4, 0.5) is 5.69 Å². The summed E-state index contributed by atoms with van der Waals surface area (Å²) in [4.78, 5) is 18.4. The topological polar surface area (TPSA) is 33.2 Å². The van der Waals surface area contributed by atoms with Gasteiger partial charge in [0.2, 0.25) is 0 Å². The van der Waals surface area contributed by atoms with Crippen molar-refractivity contribution in [1.82, 2.24) is 4.98 Å². The zero-order valence-corrected chi connectivity index (χ0v) is 13.0. The van der Waals surface area contributed by atoms with Crippen molar-refractivity contribution in [3.05, 3.63) is 57.3 Å². The molecule has 0 radical (unpaired) electrons. The number of amides is 1. The minimum absolute atomic E-state index is 0.0301.